The minimum absolute atomic E-state index is 0.00917. The number of rotatable bonds is 8. The number of phenols is 1. The van der Waals surface area contributed by atoms with E-state index < -0.39 is 0 Å². The van der Waals surface area contributed by atoms with Gasteiger partial charge in [0.05, 0.1) is 24.1 Å². The highest BCUT2D eigenvalue weighted by Gasteiger charge is 2.14. The first kappa shape index (κ1) is 25.6. The molecule has 0 bridgehead atoms. The van der Waals surface area contributed by atoms with Gasteiger partial charge < -0.3 is 25.3 Å². The fraction of sp³-hybridized carbons (Fsp3) is 0.167. The summed E-state index contributed by atoms with van der Waals surface area (Å²) in [5.41, 5.74) is 5.93. The van der Waals surface area contributed by atoms with Crippen molar-refractivity contribution in [1.82, 2.24) is 14.8 Å². The van der Waals surface area contributed by atoms with Gasteiger partial charge in [0.25, 0.3) is 5.91 Å². The number of aromatic nitrogens is 3. The standard InChI is InChI=1S/C30H29N5O4/c1-4-35-26(12-18(2)34-35)30(38)32-22-7-5-6-19(14-22)13-20-8-10-25-23(15-20)24(29(37)33-25)17-31-21-9-11-28(39-3)27(36)16-21/h5-12,14-17,33,36-37H,4,13H2,1-3H3,(H,32,38). The number of H-pyrrole nitrogens is 1. The number of fused-ring (bicyclic) bond motifs is 1. The predicted molar refractivity (Wildman–Crippen MR) is 152 cm³/mol. The number of aromatic hydroxyl groups is 2. The van der Waals surface area contributed by atoms with Crippen molar-refractivity contribution in [1.29, 1.82) is 0 Å². The summed E-state index contributed by atoms with van der Waals surface area (Å²) in [4.78, 5) is 20.2. The maximum absolute atomic E-state index is 12.8. The first-order chi connectivity index (χ1) is 18.8. The molecule has 0 aliphatic heterocycles. The van der Waals surface area contributed by atoms with E-state index in [4.69, 9.17) is 4.74 Å². The molecule has 39 heavy (non-hydrogen) atoms. The molecule has 0 aliphatic carbocycles. The zero-order chi connectivity index (χ0) is 27.5. The third kappa shape index (κ3) is 5.47. The molecule has 0 fully saturated rings. The van der Waals surface area contributed by atoms with E-state index in [2.05, 4.69) is 20.4 Å². The van der Waals surface area contributed by atoms with Crippen LogP contribution in [0.4, 0.5) is 11.4 Å². The van der Waals surface area contributed by atoms with Gasteiger partial charge in [-0.05, 0) is 73.9 Å². The van der Waals surface area contributed by atoms with E-state index in [0.717, 1.165) is 27.7 Å². The molecule has 1 amide bonds. The van der Waals surface area contributed by atoms with Crippen molar-refractivity contribution in [2.75, 3.05) is 12.4 Å². The first-order valence-corrected chi connectivity index (χ1v) is 12.5. The minimum atomic E-state index is -0.201. The zero-order valence-corrected chi connectivity index (χ0v) is 21.9. The fourth-order valence-corrected chi connectivity index (χ4v) is 4.54. The van der Waals surface area contributed by atoms with Gasteiger partial charge in [0.15, 0.2) is 17.4 Å². The highest BCUT2D eigenvalue weighted by Crippen LogP contribution is 2.31. The average Bonchev–Trinajstić information content (AvgIpc) is 3.46. The number of aromatic amines is 1. The number of amides is 1. The third-order valence-corrected chi connectivity index (χ3v) is 6.41. The summed E-state index contributed by atoms with van der Waals surface area (Å²) in [5, 5.41) is 28.7. The summed E-state index contributed by atoms with van der Waals surface area (Å²) in [6.45, 7) is 4.43. The van der Waals surface area contributed by atoms with Crippen LogP contribution in [0.15, 0.2) is 71.7 Å². The molecular formula is C30H29N5O4. The molecule has 9 nitrogen and oxygen atoms in total. The molecular weight excluding hydrogens is 494 g/mol. The molecule has 5 aromatic rings. The van der Waals surface area contributed by atoms with Gasteiger partial charge >= 0.3 is 0 Å². The lowest BCUT2D eigenvalue weighted by Crippen LogP contribution is -2.17. The topological polar surface area (TPSA) is 125 Å². The maximum atomic E-state index is 12.8. The molecule has 0 aliphatic rings. The van der Waals surface area contributed by atoms with Crippen molar-refractivity contribution < 1.29 is 19.7 Å². The molecule has 0 unspecified atom stereocenters. The Labute approximate surface area is 225 Å². The van der Waals surface area contributed by atoms with Crippen LogP contribution in [0.3, 0.4) is 0 Å². The molecule has 5 rings (SSSR count). The second-order valence-corrected chi connectivity index (χ2v) is 9.20. The quantitative estimate of drug-likeness (QED) is 0.194. The minimum Gasteiger partial charge on any atom is -0.504 e. The number of aliphatic imine (C=N–C) groups is 1. The summed E-state index contributed by atoms with van der Waals surface area (Å²) < 4.78 is 6.76. The largest absolute Gasteiger partial charge is 0.504 e. The van der Waals surface area contributed by atoms with E-state index in [1.165, 1.54) is 13.2 Å². The van der Waals surface area contributed by atoms with Gasteiger partial charge in [-0.25, -0.2) is 0 Å². The molecule has 0 atom stereocenters. The number of anilines is 1. The Hall–Kier alpha value is -5.05. The number of aryl methyl sites for hydroxylation is 2. The van der Waals surface area contributed by atoms with Crippen molar-refractivity contribution >= 4 is 34.4 Å². The third-order valence-electron chi connectivity index (χ3n) is 6.41. The molecule has 4 N–H and O–H groups in total. The number of carbonyl (C=O) groups is 1. The van der Waals surface area contributed by atoms with Crippen LogP contribution in [0.1, 0.15) is 39.8 Å². The molecule has 198 valence electrons. The lowest BCUT2D eigenvalue weighted by molar-refractivity contribution is 0.101. The number of methoxy groups -OCH3 is 1. The molecule has 0 saturated heterocycles. The molecule has 3 aromatic carbocycles. The number of nitrogens with zero attached hydrogens (tertiary/aromatic N) is 3. The van der Waals surface area contributed by atoms with Crippen molar-refractivity contribution in [2.45, 2.75) is 26.8 Å². The van der Waals surface area contributed by atoms with E-state index in [1.807, 2.05) is 56.3 Å². The van der Waals surface area contributed by atoms with Crippen LogP contribution in [-0.4, -0.2) is 44.2 Å². The Morgan fingerprint density at radius 3 is 2.69 bits per heavy atom. The highest BCUT2D eigenvalue weighted by molar-refractivity contribution is 6.04. The second kappa shape index (κ2) is 10.7. The average molecular weight is 524 g/mol. The van der Waals surface area contributed by atoms with Crippen LogP contribution >= 0.6 is 0 Å². The highest BCUT2D eigenvalue weighted by atomic mass is 16.5. The molecule has 0 saturated carbocycles. The van der Waals surface area contributed by atoms with Crippen molar-refractivity contribution in [2.24, 2.45) is 4.99 Å². The summed E-state index contributed by atoms with van der Waals surface area (Å²) in [6.07, 6.45) is 2.19. The maximum Gasteiger partial charge on any atom is 0.273 e. The van der Waals surface area contributed by atoms with Gasteiger partial charge in [0.2, 0.25) is 0 Å². The van der Waals surface area contributed by atoms with E-state index in [1.54, 1.807) is 29.1 Å². The van der Waals surface area contributed by atoms with Gasteiger partial charge in [-0.1, -0.05) is 18.2 Å². The lowest BCUT2D eigenvalue weighted by atomic mass is 10.0. The summed E-state index contributed by atoms with van der Waals surface area (Å²) in [7, 11) is 1.48. The normalized spacial score (nSPS) is 11.4. The van der Waals surface area contributed by atoms with Gasteiger partial charge in [0, 0.05) is 35.4 Å². The van der Waals surface area contributed by atoms with E-state index >= 15 is 0 Å². The molecule has 2 aromatic heterocycles. The monoisotopic (exact) mass is 523 g/mol. The van der Waals surface area contributed by atoms with Gasteiger partial charge in [-0.2, -0.15) is 5.10 Å². The number of carbonyl (C=O) groups excluding carboxylic acids is 1. The summed E-state index contributed by atoms with van der Waals surface area (Å²) in [6, 6.07) is 20.3. The fourth-order valence-electron chi connectivity index (χ4n) is 4.54. The molecule has 0 spiro atoms. The number of phenolic OH excluding ortho intramolecular Hbond substituents is 1. The van der Waals surface area contributed by atoms with Crippen LogP contribution in [0.5, 0.6) is 17.4 Å². The molecule has 2 heterocycles. The van der Waals surface area contributed by atoms with Gasteiger partial charge in [0.1, 0.15) is 5.69 Å². The van der Waals surface area contributed by atoms with Crippen molar-refractivity contribution in [3.63, 3.8) is 0 Å². The Morgan fingerprint density at radius 1 is 1.10 bits per heavy atom. The number of benzene rings is 3. The van der Waals surface area contributed by atoms with Crippen LogP contribution in [-0.2, 0) is 13.0 Å². The first-order valence-electron chi connectivity index (χ1n) is 12.5. The van der Waals surface area contributed by atoms with E-state index in [-0.39, 0.29) is 17.5 Å². The Morgan fingerprint density at radius 2 is 1.92 bits per heavy atom. The number of ether oxygens (including phenoxy) is 1. The molecule has 0 radical (unpaired) electrons. The number of hydrogen-bond acceptors (Lipinski definition) is 6. The van der Waals surface area contributed by atoms with Gasteiger partial charge in [-0.3, -0.25) is 14.5 Å². The van der Waals surface area contributed by atoms with Crippen LogP contribution in [0.25, 0.3) is 10.9 Å². The Balaban J connectivity index is 1.36. The predicted octanol–water partition coefficient (Wildman–Crippen LogP) is 5.71. The number of hydrogen-bond donors (Lipinski definition) is 4. The second-order valence-electron chi connectivity index (χ2n) is 9.20. The smallest absolute Gasteiger partial charge is 0.273 e. The lowest BCUT2D eigenvalue weighted by Gasteiger charge is -2.09. The van der Waals surface area contributed by atoms with Crippen LogP contribution < -0.4 is 10.1 Å². The summed E-state index contributed by atoms with van der Waals surface area (Å²) >= 11 is 0. The zero-order valence-electron chi connectivity index (χ0n) is 21.9. The Kier molecular flexibility index (Phi) is 7.05. The number of nitrogens with one attached hydrogen (secondary N) is 2. The van der Waals surface area contributed by atoms with E-state index in [0.29, 0.717) is 41.3 Å². The van der Waals surface area contributed by atoms with Crippen LogP contribution in [0, 0.1) is 6.92 Å². The van der Waals surface area contributed by atoms with Gasteiger partial charge in [-0.15, -0.1) is 0 Å². The SMILES string of the molecule is CCn1nc(C)cc1C(=O)Nc1cccc(Cc2ccc3[nH]c(O)c(C=Nc4ccc(OC)c(O)c4)c3c2)c1. The summed E-state index contributed by atoms with van der Waals surface area (Å²) in [5.74, 6) is 0.157. The van der Waals surface area contributed by atoms with Crippen molar-refractivity contribution in [3.8, 4) is 17.4 Å². The van der Waals surface area contributed by atoms with Crippen molar-refractivity contribution in [3.05, 3.63) is 94.8 Å². The van der Waals surface area contributed by atoms with Crippen LogP contribution in [0.2, 0.25) is 0 Å². The van der Waals surface area contributed by atoms with E-state index in [9.17, 15) is 15.0 Å². The molecule has 9 heteroatoms. The Bertz CT molecular complexity index is 1700.